The van der Waals surface area contributed by atoms with Gasteiger partial charge in [0.05, 0.1) is 6.54 Å². The summed E-state index contributed by atoms with van der Waals surface area (Å²) in [5, 5.41) is 6.11. The molecule has 0 heterocycles. The van der Waals surface area contributed by atoms with E-state index < -0.39 is 0 Å². The van der Waals surface area contributed by atoms with Gasteiger partial charge in [-0.25, -0.2) is 0 Å². The van der Waals surface area contributed by atoms with Gasteiger partial charge in [0.1, 0.15) is 0 Å². The lowest BCUT2D eigenvalue weighted by atomic mass is 10.1. The van der Waals surface area contributed by atoms with Gasteiger partial charge in [-0.3, -0.25) is 4.79 Å². The molecule has 3 nitrogen and oxygen atoms in total. The van der Waals surface area contributed by atoms with E-state index in [0.717, 1.165) is 25.3 Å². The van der Waals surface area contributed by atoms with E-state index in [0.29, 0.717) is 12.6 Å². The Morgan fingerprint density at radius 2 is 1.88 bits per heavy atom. The first-order chi connectivity index (χ1) is 7.56. The summed E-state index contributed by atoms with van der Waals surface area (Å²) < 4.78 is 0. The predicted octanol–water partition coefficient (Wildman–Crippen LogP) is 2.32. The molecule has 0 rings (SSSR count). The average Bonchev–Trinajstić information content (AvgIpc) is 2.24. The highest BCUT2D eigenvalue weighted by molar-refractivity contribution is 5.77. The van der Waals surface area contributed by atoms with Crippen LogP contribution in [-0.2, 0) is 4.79 Å². The Balaban J connectivity index is 3.30. The van der Waals surface area contributed by atoms with E-state index in [9.17, 15) is 4.79 Å². The van der Waals surface area contributed by atoms with E-state index in [1.807, 2.05) is 0 Å². The van der Waals surface area contributed by atoms with Gasteiger partial charge in [-0.1, -0.05) is 33.6 Å². The van der Waals surface area contributed by atoms with Crippen LogP contribution in [0.3, 0.4) is 0 Å². The fraction of sp³-hybridized carbons (Fsp3) is 0.923. The molecule has 1 atom stereocenters. The average molecular weight is 228 g/mol. The number of carbonyl (C=O) groups is 1. The fourth-order valence-corrected chi connectivity index (χ4v) is 1.38. The molecule has 0 aromatic rings. The summed E-state index contributed by atoms with van der Waals surface area (Å²) in [6.45, 7) is 9.92. The van der Waals surface area contributed by atoms with Crippen LogP contribution in [0.25, 0.3) is 0 Å². The molecule has 16 heavy (non-hydrogen) atoms. The summed E-state index contributed by atoms with van der Waals surface area (Å²) in [6, 6.07) is 0.423. The summed E-state index contributed by atoms with van der Waals surface area (Å²) in [6.07, 6.45) is 4.60. The molecule has 2 N–H and O–H groups in total. The van der Waals surface area contributed by atoms with Crippen LogP contribution in [0.15, 0.2) is 0 Å². The van der Waals surface area contributed by atoms with Crippen LogP contribution in [-0.4, -0.2) is 25.0 Å². The molecule has 0 aromatic heterocycles. The van der Waals surface area contributed by atoms with Crippen LogP contribution in [0.1, 0.15) is 53.4 Å². The van der Waals surface area contributed by atoms with Crippen LogP contribution in [0.5, 0.6) is 0 Å². The highest BCUT2D eigenvalue weighted by Crippen LogP contribution is 2.04. The number of amides is 1. The van der Waals surface area contributed by atoms with E-state index in [1.165, 1.54) is 12.8 Å². The van der Waals surface area contributed by atoms with E-state index >= 15 is 0 Å². The Hall–Kier alpha value is -0.570. The molecule has 0 aliphatic rings. The largest absolute Gasteiger partial charge is 0.355 e. The van der Waals surface area contributed by atoms with Crippen molar-refractivity contribution in [2.75, 3.05) is 13.1 Å². The standard InChI is InChI=1S/C13H28N2O/c1-5-12(4)15-10-13(16)14-9-7-6-8-11(2)3/h11-12,15H,5-10H2,1-4H3,(H,14,16). The maximum absolute atomic E-state index is 11.4. The highest BCUT2D eigenvalue weighted by Gasteiger charge is 2.02. The molecule has 0 saturated carbocycles. The monoisotopic (exact) mass is 228 g/mol. The maximum atomic E-state index is 11.4. The van der Waals surface area contributed by atoms with Crippen LogP contribution in [0.2, 0.25) is 0 Å². The molecular formula is C13H28N2O. The third kappa shape index (κ3) is 9.97. The Morgan fingerprint density at radius 3 is 2.44 bits per heavy atom. The van der Waals surface area contributed by atoms with E-state index in [4.69, 9.17) is 0 Å². The lowest BCUT2D eigenvalue weighted by molar-refractivity contribution is -0.120. The molecule has 3 heteroatoms. The molecule has 1 amide bonds. The smallest absolute Gasteiger partial charge is 0.233 e. The van der Waals surface area contributed by atoms with E-state index in [2.05, 4.69) is 38.3 Å². The van der Waals surface area contributed by atoms with Crippen molar-refractivity contribution in [3.63, 3.8) is 0 Å². The third-order valence-corrected chi connectivity index (χ3v) is 2.75. The van der Waals surface area contributed by atoms with E-state index in [1.54, 1.807) is 0 Å². The lowest BCUT2D eigenvalue weighted by Crippen LogP contribution is -2.38. The summed E-state index contributed by atoms with van der Waals surface area (Å²) in [5.74, 6) is 0.882. The van der Waals surface area contributed by atoms with Gasteiger partial charge in [-0.2, -0.15) is 0 Å². The predicted molar refractivity (Wildman–Crippen MR) is 69.5 cm³/mol. The number of unbranched alkanes of at least 4 members (excludes halogenated alkanes) is 1. The molecular weight excluding hydrogens is 200 g/mol. The Morgan fingerprint density at radius 1 is 1.19 bits per heavy atom. The number of hydrogen-bond donors (Lipinski definition) is 2. The summed E-state index contributed by atoms with van der Waals surface area (Å²) >= 11 is 0. The Kier molecular flexibility index (Phi) is 9.30. The van der Waals surface area contributed by atoms with Crippen molar-refractivity contribution in [3.8, 4) is 0 Å². The molecule has 1 unspecified atom stereocenters. The Bertz CT molecular complexity index is 181. The van der Waals surface area contributed by atoms with Crippen molar-refractivity contribution < 1.29 is 4.79 Å². The fourth-order valence-electron chi connectivity index (χ4n) is 1.38. The number of nitrogens with one attached hydrogen (secondary N) is 2. The first-order valence-corrected chi connectivity index (χ1v) is 6.56. The summed E-state index contributed by atoms with van der Waals surface area (Å²) in [4.78, 5) is 11.4. The van der Waals surface area contributed by atoms with Gasteiger partial charge < -0.3 is 10.6 Å². The first kappa shape index (κ1) is 15.4. The van der Waals surface area contributed by atoms with Crippen molar-refractivity contribution in [3.05, 3.63) is 0 Å². The van der Waals surface area contributed by atoms with Gasteiger partial charge in [0.15, 0.2) is 0 Å². The Labute approximate surface area is 100 Å². The van der Waals surface area contributed by atoms with E-state index in [-0.39, 0.29) is 5.91 Å². The minimum atomic E-state index is 0.116. The molecule has 0 spiro atoms. The normalized spacial score (nSPS) is 12.8. The van der Waals surface area contributed by atoms with Crippen LogP contribution in [0.4, 0.5) is 0 Å². The van der Waals surface area contributed by atoms with Crippen molar-refractivity contribution in [2.45, 2.75) is 59.4 Å². The number of carbonyl (C=O) groups excluding carboxylic acids is 1. The molecule has 0 radical (unpaired) electrons. The SMILES string of the molecule is CCC(C)NCC(=O)NCCCCC(C)C. The molecule has 96 valence electrons. The maximum Gasteiger partial charge on any atom is 0.233 e. The van der Waals surface area contributed by atoms with Crippen molar-refractivity contribution in [2.24, 2.45) is 5.92 Å². The minimum Gasteiger partial charge on any atom is -0.355 e. The third-order valence-electron chi connectivity index (χ3n) is 2.75. The highest BCUT2D eigenvalue weighted by atomic mass is 16.1. The molecule has 0 fully saturated rings. The van der Waals surface area contributed by atoms with Gasteiger partial charge in [0.2, 0.25) is 5.91 Å². The molecule has 0 aliphatic heterocycles. The number of hydrogen-bond acceptors (Lipinski definition) is 2. The number of rotatable bonds is 9. The van der Waals surface area contributed by atoms with Gasteiger partial charge >= 0.3 is 0 Å². The van der Waals surface area contributed by atoms with Crippen molar-refractivity contribution in [1.82, 2.24) is 10.6 Å². The lowest BCUT2D eigenvalue weighted by Gasteiger charge is -2.11. The van der Waals surface area contributed by atoms with Gasteiger partial charge in [-0.05, 0) is 25.7 Å². The molecule has 0 aliphatic carbocycles. The quantitative estimate of drug-likeness (QED) is 0.595. The molecule has 0 bridgehead atoms. The van der Waals surface area contributed by atoms with Gasteiger partial charge in [0.25, 0.3) is 0 Å². The molecule has 0 aromatic carbocycles. The van der Waals surface area contributed by atoms with Crippen LogP contribution >= 0.6 is 0 Å². The second-order valence-corrected chi connectivity index (χ2v) is 4.93. The topological polar surface area (TPSA) is 41.1 Å². The van der Waals surface area contributed by atoms with Crippen molar-refractivity contribution >= 4 is 5.91 Å². The second kappa shape index (κ2) is 9.64. The first-order valence-electron chi connectivity index (χ1n) is 6.56. The zero-order valence-electron chi connectivity index (χ0n) is 11.3. The summed E-state index contributed by atoms with van der Waals surface area (Å²) in [7, 11) is 0. The van der Waals surface area contributed by atoms with Gasteiger partial charge in [-0.15, -0.1) is 0 Å². The summed E-state index contributed by atoms with van der Waals surface area (Å²) in [5.41, 5.74) is 0. The minimum absolute atomic E-state index is 0.116. The second-order valence-electron chi connectivity index (χ2n) is 4.93. The molecule has 0 saturated heterocycles. The van der Waals surface area contributed by atoms with Gasteiger partial charge in [0, 0.05) is 12.6 Å². The zero-order chi connectivity index (χ0) is 12.4. The van der Waals surface area contributed by atoms with Crippen LogP contribution in [0, 0.1) is 5.92 Å². The van der Waals surface area contributed by atoms with Crippen LogP contribution < -0.4 is 10.6 Å². The van der Waals surface area contributed by atoms with Crippen molar-refractivity contribution in [1.29, 1.82) is 0 Å². The zero-order valence-corrected chi connectivity index (χ0v) is 11.3.